The number of carbonyl (C=O) groups excluding carboxylic acids is 1. The average Bonchev–Trinajstić information content (AvgIpc) is 2.32. The molecule has 18 heavy (non-hydrogen) atoms. The normalized spacial score (nSPS) is 14.2. The van der Waals surface area contributed by atoms with E-state index in [1.807, 2.05) is 13.8 Å². The SMILES string of the molecule is CCNC(C)(CCSc1ccc(F)cc1)C(N)=O. The quantitative estimate of drug-likeness (QED) is 0.747. The van der Waals surface area contributed by atoms with E-state index in [-0.39, 0.29) is 11.7 Å². The molecule has 0 heterocycles. The van der Waals surface area contributed by atoms with Crippen molar-refractivity contribution in [3.8, 4) is 0 Å². The smallest absolute Gasteiger partial charge is 0.237 e. The highest BCUT2D eigenvalue weighted by Gasteiger charge is 2.29. The third-order valence-electron chi connectivity index (χ3n) is 2.80. The first-order valence-corrected chi connectivity index (χ1v) is 6.90. The van der Waals surface area contributed by atoms with E-state index in [0.717, 1.165) is 10.6 Å². The summed E-state index contributed by atoms with van der Waals surface area (Å²) in [5.41, 5.74) is 4.72. The Hall–Kier alpha value is -1.07. The van der Waals surface area contributed by atoms with Gasteiger partial charge in [0, 0.05) is 10.6 Å². The number of hydrogen-bond donors (Lipinski definition) is 2. The second-order valence-electron chi connectivity index (χ2n) is 4.28. The monoisotopic (exact) mass is 270 g/mol. The Labute approximate surface area is 111 Å². The first-order valence-electron chi connectivity index (χ1n) is 5.91. The van der Waals surface area contributed by atoms with Crippen molar-refractivity contribution in [3.63, 3.8) is 0 Å². The number of thioether (sulfide) groups is 1. The van der Waals surface area contributed by atoms with Crippen LogP contribution in [0.15, 0.2) is 29.2 Å². The maximum Gasteiger partial charge on any atom is 0.237 e. The largest absolute Gasteiger partial charge is 0.368 e. The standard InChI is InChI=1S/C13H19FN2OS/c1-3-16-13(2,12(15)17)8-9-18-11-6-4-10(14)5-7-11/h4-7,16H,3,8-9H2,1-2H3,(H2,15,17). The molecule has 3 nitrogen and oxygen atoms in total. The van der Waals surface area contributed by atoms with E-state index in [4.69, 9.17) is 5.73 Å². The minimum absolute atomic E-state index is 0.242. The van der Waals surface area contributed by atoms with Crippen molar-refractivity contribution < 1.29 is 9.18 Å². The van der Waals surface area contributed by atoms with Crippen LogP contribution in [0.5, 0.6) is 0 Å². The van der Waals surface area contributed by atoms with Crippen LogP contribution >= 0.6 is 11.8 Å². The zero-order valence-electron chi connectivity index (χ0n) is 10.7. The number of likely N-dealkylation sites (N-methyl/N-ethyl adjacent to an activating group) is 1. The molecule has 1 atom stereocenters. The van der Waals surface area contributed by atoms with Crippen molar-refractivity contribution in [3.05, 3.63) is 30.1 Å². The van der Waals surface area contributed by atoms with E-state index in [1.54, 1.807) is 23.9 Å². The van der Waals surface area contributed by atoms with E-state index in [2.05, 4.69) is 5.32 Å². The van der Waals surface area contributed by atoms with E-state index in [0.29, 0.717) is 13.0 Å². The van der Waals surface area contributed by atoms with Crippen LogP contribution in [0.4, 0.5) is 4.39 Å². The van der Waals surface area contributed by atoms with Crippen molar-refractivity contribution in [1.29, 1.82) is 0 Å². The lowest BCUT2D eigenvalue weighted by Crippen LogP contribution is -2.53. The molecular formula is C13H19FN2OS. The summed E-state index contributed by atoms with van der Waals surface area (Å²) in [7, 11) is 0. The summed E-state index contributed by atoms with van der Waals surface area (Å²) in [6, 6.07) is 6.32. The molecule has 1 aromatic rings. The first kappa shape index (κ1) is 15.0. The Morgan fingerprint density at radius 3 is 2.56 bits per heavy atom. The molecule has 1 aromatic carbocycles. The minimum Gasteiger partial charge on any atom is -0.368 e. The van der Waals surface area contributed by atoms with Crippen LogP contribution in [-0.4, -0.2) is 23.7 Å². The topological polar surface area (TPSA) is 55.1 Å². The minimum atomic E-state index is -0.679. The Morgan fingerprint density at radius 2 is 2.06 bits per heavy atom. The van der Waals surface area contributed by atoms with Crippen LogP contribution in [0.2, 0.25) is 0 Å². The van der Waals surface area contributed by atoms with Crippen LogP contribution in [-0.2, 0) is 4.79 Å². The number of benzene rings is 1. The van der Waals surface area contributed by atoms with Crippen LogP contribution < -0.4 is 11.1 Å². The summed E-state index contributed by atoms with van der Waals surface area (Å²) in [6.45, 7) is 4.44. The lowest BCUT2D eigenvalue weighted by Gasteiger charge is -2.26. The fourth-order valence-corrected chi connectivity index (χ4v) is 2.67. The van der Waals surface area contributed by atoms with Gasteiger partial charge in [0.2, 0.25) is 5.91 Å². The maximum absolute atomic E-state index is 12.7. The molecule has 0 aliphatic carbocycles. The molecule has 0 radical (unpaired) electrons. The van der Waals surface area contributed by atoms with Gasteiger partial charge in [0.15, 0.2) is 0 Å². The number of nitrogens with one attached hydrogen (secondary N) is 1. The van der Waals surface area contributed by atoms with Gasteiger partial charge in [0.05, 0.1) is 5.54 Å². The average molecular weight is 270 g/mol. The van der Waals surface area contributed by atoms with Gasteiger partial charge < -0.3 is 11.1 Å². The van der Waals surface area contributed by atoms with E-state index >= 15 is 0 Å². The molecule has 1 amide bonds. The Balaban J connectivity index is 2.48. The van der Waals surface area contributed by atoms with Crippen molar-refractivity contribution in [2.45, 2.75) is 30.7 Å². The zero-order valence-corrected chi connectivity index (χ0v) is 11.5. The van der Waals surface area contributed by atoms with Crippen molar-refractivity contribution in [1.82, 2.24) is 5.32 Å². The molecule has 0 saturated carbocycles. The molecule has 0 aromatic heterocycles. The molecule has 0 fully saturated rings. The fraction of sp³-hybridized carbons (Fsp3) is 0.462. The van der Waals surface area contributed by atoms with E-state index < -0.39 is 5.54 Å². The number of nitrogens with two attached hydrogens (primary N) is 1. The highest BCUT2D eigenvalue weighted by Crippen LogP contribution is 2.22. The fourth-order valence-electron chi connectivity index (χ4n) is 1.59. The van der Waals surface area contributed by atoms with Gasteiger partial charge in [-0.3, -0.25) is 4.79 Å². The highest BCUT2D eigenvalue weighted by molar-refractivity contribution is 7.99. The number of primary amides is 1. The molecule has 1 unspecified atom stereocenters. The molecule has 0 saturated heterocycles. The lowest BCUT2D eigenvalue weighted by atomic mass is 9.98. The van der Waals surface area contributed by atoms with Crippen LogP contribution in [0.1, 0.15) is 20.3 Å². The van der Waals surface area contributed by atoms with Gasteiger partial charge in [-0.15, -0.1) is 11.8 Å². The summed E-state index contributed by atoms with van der Waals surface area (Å²) in [5, 5.41) is 3.11. The van der Waals surface area contributed by atoms with Gasteiger partial charge >= 0.3 is 0 Å². The predicted octanol–water partition coefficient (Wildman–Crippen LogP) is 2.16. The number of rotatable bonds is 7. The number of carbonyl (C=O) groups is 1. The molecular weight excluding hydrogens is 251 g/mol. The van der Waals surface area contributed by atoms with E-state index in [9.17, 15) is 9.18 Å². The summed E-state index contributed by atoms with van der Waals surface area (Å²) < 4.78 is 12.7. The summed E-state index contributed by atoms with van der Waals surface area (Å²) in [4.78, 5) is 12.4. The van der Waals surface area contributed by atoms with Crippen molar-refractivity contribution in [2.75, 3.05) is 12.3 Å². The molecule has 3 N–H and O–H groups in total. The molecule has 0 aliphatic heterocycles. The van der Waals surface area contributed by atoms with Crippen molar-refractivity contribution >= 4 is 17.7 Å². The van der Waals surface area contributed by atoms with Crippen LogP contribution in [0.25, 0.3) is 0 Å². The third-order valence-corrected chi connectivity index (χ3v) is 3.81. The van der Waals surface area contributed by atoms with Gasteiger partial charge in [0.1, 0.15) is 5.82 Å². The van der Waals surface area contributed by atoms with Crippen molar-refractivity contribution in [2.24, 2.45) is 5.73 Å². The number of hydrogen-bond acceptors (Lipinski definition) is 3. The highest BCUT2D eigenvalue weighted by atomic mass is 32.2. The zero-order chi connectivity index (χ0) is 13.6. The third kappa shape index (κ3) is 4.31. The predicted molar refractivity (Wildman–Crippen MR) is 73.0 cm³/mol. The van der Waals surface area contributed by atoms with Crippen LogP contribution in [0.3, 0.4) is 0 Å². The Morgan fingerprint density at radius 1 is 1.44 bits per heavy atom. The Bertz CT molecular complexity index is 396. The maximum atomic E-state index is 12.7. The summed E-state index contributed by atoms with van der Waals surface area (Å²) >= 11 is 1.58. The summed E-state index contributed by atoms with van der Waals surface area (Å²) in [5.74, 6) is 0.163. The van der Waals surface area contributed by atoms with E-state index in [1.165, 1.54) is 12.1 Å². The lowest BCUT2D eigenvalue weighted by molar-refractivity contribution is -0.123. The van der Waals surface area contributed by atoms with Crippen LogP contribution in [0, 0.1) is 5.82 Å². The van der Waals surface area contributed by atoms with Gasteiger partial charge in [0.25, 0.3) is 0 Å². The molecule has 0 bridgehead atoms. The van der Waals surface area contributed by atoms with Gasteiger partial charge in [-0.25, -0.2) is 4.39 Å². The molecule has 0 aliphatic rings. The number of halogens is 1. The van der Waals surface area contributed by atoms with Gasteiger partial charge in [-0.2, -0.15) is 0 Å². The molecule has 0 spiro atoms. The molecule has 1 rings (SSSR count). The summed E-state index contributed by atoms with van der Waals surface area (Å²) in [6.07, 6.45) is 0.637. The number of amides is 1. The van der Waals surface area contributed by atoms with Gasteiger partial charge in [-0.05, 0) is 44.2 Å². The molecule has 5 heteroatoms. The Kier molecular flexibility index (Phi) is 5.62. The molecule has 100 valence electrons. The second-order valence-corrected chi connectivity index (χ2v) is 5.45. The second kappa shape index (κ2) is 6.75. The van der Waals surface area contributed by atoms with Gasteiger partial charge in [-0.1, -0.05) is 6.92 Å². The first-order chi connectivity index (χ1) is 8.48.